The number of hydrogen-bond acceptors (Lipinski definition) is 6. The summed E-state index contributed by atoms with van der Waals surface area (Å²) >= 11 is 0. The molecule has 106 valence electrons. The van der Waals surface area contributed by atoms with Gasteiger partial charge < -0.3 is 4.74 Å². The summed E-state index contributed by atoms with van der Waals surface area (Å²) in [4.78, 5) is 16.2. The molecular formula is C12H13N3O4S. The summed E-state index contributed by atoms with van der Waals surface area (Å²) in [5.74, 6) is -0.593. The molecule has 0 N–H and O–H groups in total. The molecule has 0 spiro atoms. The Morgan fingerprint density at radius 1 is 1.50 bits per heavy atom. The quantitative estimate of drug-likeness (QED) is 0.744. The van der Waals surface area contributed by atoms with Crippen molar-refractivity contribution < 1.29 is 17.9 Å². The fourth-order valence-corrected chi connectivity index (χ4v) is 3.85. The standard InChI is InChI=1S/C12H13N3O4S/c1-8-10(6-13-11-2-4-14-15(8)11)12(16)19-9-3-5-20(17,18)7-9/h2,4,6,9H,3,5,7H2,1H3. The van der Waals surface area contributed by atoms with Gasteiger partial charge in [0, 0.05) is 12.3 Å². The van der Waals surface area contributed by atoms with E-state index in [9.17, 15) is 13.2 Å². The Morgan fingerprint density at radius 3 is 3.00 bits per heavy atom. The first-order chi connectivity index (χ1) is 9.46. The maximum Gasteiger partial charge on any atom is 0.341 e. The van der Waals surface area contributed by atoms with E-state index in [1.165, 1.54) is 6.20 Å². The second-order valence-electron chi connectivity index (χ2n) is 4.79. The van der Waals surface area contributed by atoms with E-state index in [1.54, 1.807) is 23.7 Å². The molecule has 3 heterocycles. The van der Waals surface area contributed by atoms with Crippen LogP contribution in [0.5, 0.6) is 0 Å². The SMILES string of the molecule is Cc1c(C(=O)OC2CCS(=O)(=O)C2)cnc2ccnn12. The molecule has 2 aromatic heterocycles. The largest absolute Gasteiger partial charge is 0.458 e. The lowest BCUT2D eigenvalue weighted by Gasteiger charge is -2.11. The van der Waals surface area contributed by atoms with Gasteiger partial charge in [-0.3, -0.25) is 0 Å². The highest BCUT2D eigenvalue weighted by Crippen LogP contribution is 2.18. The number of rotatable bonds is 2. The summed E-state index contributed by atoms with van der Waals surface area (Å²) in [7, 11) is -3.07. The van der Waals surface area contributed by atoms with Crippen molar-refractivity contribution in [2.24, 2.45) is 0 Å². The zero-order chi connectivity index (χ0) is 14.3. The molecule has 1 aliphatic heterocycles. The van der Waals surface area contributed by atoms with Gasteiger partial charge in [-0.05, 0) is 13.3 Å². The Labute approximate surface area is 115 Å². The van der Waals surface area contributed by atoms with E-state index in [4.69, 9.17) is 4.74 Å². The van der Waals surface area contributed by atoms with Crippen LogP contribution in [0.1, 0.15) is 22.5 Å². The van der Waals surface area contributed by atoms with E-state index in [0.29, 0.717) is 23.3 Å². The van der Waals surface area contributed by atoms with E-state index in [2.05, 4.69) is 10.1 Å². The Kier molecular flexibility index (Phi) is 2.97. The van der Waals surface area contributed by atoms with Crippen LogP contribution in [0.3, 0.4) is 0 Å². The lowest BCUT2D eigenvalue weighted by Crippen LogP contribution is -2.21. The van der Waals surface area contributed by atoms with Gasteiger partial charge in [-0.15, -0.1) is 0 Å². The van der Waals surface area contributed by atoms with Crippen molar-refractivity contribution in [1.82, 2.24) is 14.6 Å². The molecule has 1 atom stereocenters. The van der Waals surface area contributed by atoms with Crippen molar-refractivity contribution in [2.45, 2.75) is 19.4 Å². The van der Waals surface area contributed by atoms with Crippen LogP contribution in [0, 0.1) is 6.92 Å². The van der Waals surface area contributed by atoms with Crippen LogP contribution in [0.2, 0.25) is 0 Å². The number of aromatic nitrogens is 3. The summed E-state index contributed by atoms with van der Waals surface area (Å²) in [6, 6.07) is 1.73. The number of hydrogen-bond donors (Lipinski definition) is 0. The third kappa shape index (κ3) is 2.26. The zero-order valence-corrected chi connectivity index (χ0v) is 11.6. The van der Waals surface area contributed by atoms with E-state index >= 15 is 0 Å². The van der Waals surface area contributed by atoms with E-state index in [-0.39, 0.29) is 11.5 Å². The minimum absolute atomic E-state index is 0.0698. The first-order valence-electron chi connectivity index (χ1n) is 6.17. The molecule has 0 radical (unpaired) electrons. The van der Waals surface area contributed by atoms with Gasteiger partial charge in [-0.25, -0.2) is 22.7 Å². The first kappa shape index (κ1) is 13.0. The van der Waals surface area contributed by atoms with Crippen molar-refractivity contribution in [3.8, 4) is 0 Å². The predicted octanol–water partition coefficient (Wildman–Crippen LogP) is 0.382. The molecule has 0 amide bonds. The van der Waals surface area contributed by atoms with E-state index in [1.807, 2.05) is 0 Å². The molecular weight excluding hydrogens is 282 g/mol. The number of ether oxygens (including phenoxy) is 1. The molecule has 8 heteroatoms. The molecule has 20 heavy (non-hydrogen) atoms. The van der Waals surface area contributed by atoms with Crippen LogP contribution in [-0.2, 0) is 14.6 Å². The average molecular weight is 295 g/mol. The summed E-state index contributed by atoms with van der Waals surface area (Å²) in [6.07, 6.45) is 2.80. The van der Waals surface area contributed by atoms with Gasteiger partial charge in [0.1, 0.15) is 6.10 Å². The van der Waals surface area contributed by atoms with Crippen LogP contribution in [-0.4, -0.2) is 46.6 Å². The van der Waals surface area contributed by atoms with Gasteiger partial charge in [0.2, 0.25) is 0 Å². The summed E-state index contributed by atoms with van der Waals surface area (Å²) in [5, 5.41) is 4.07. The van der Waals surface area contributed by atoms with Crippen LogP contribution in [0.15, 0.2) is 18.5 Å². The molecule has 7 nitrogen and oxygen atoms in total. The van der Waals surface area contributed by atoms with Crippen molar-refractivity contribution in [3.05, 3.63) is 29.7 Å². The number of aryl methyl sites for hydroxylation is 1. The fourth-order valence-electron chi connectivity index (χ4n) is 2.26. The number of sulfone groups is 1. The summed E-state index contributed by atoms with van der Waals surface area (Å²) in [6.45, 7) is 1.74. The smallest absolute Gasteiger partial charge is 0.341 e. The minimum Gasteiger partial charge on any atom is -0.458 e. The van der Waals surface area contributed by atoms with E-state index in [0.717, 1.165) is 0 Å². The highest BCUT2D eigenvalue weighted by molar-refractivity contribution is 7.91. The zero-order valence-electron chi connectivity index (χ0n) is 10.8. The lowest BCUT2D eigenvalue weighted by atomic mass is 10.2. The molecule has 0 saturated carbocycles. The topological polar surface area (TPSA) is 90.6 Å². The molecule has 0 aromatic carbocycles. The van der Waals surface area contributed by atoms with Crippen molar-refractivity contribution in [2.75, 3.05) is 11.5 Å². The van der Waals surface area contributed by atoms with Gasteiger partial charge in [-0.1, -0.05) is 0 Å². The van der Waals surface area contributed by atoms with Crippen molar-refractivity contribution in [3.63, 3.8) is 0 Å². The highest BCUT2D eigenvalue weighted by atomic mass is 32.2. The normalized spacial score (nSPS) is 21.1. The first-order valence-corrected chi connectivity index (χ1v) is 7.99. The minimum atomic E-state index is -3.07. The summed E-state index contributed by atoms with van der Waals surface area (Å²) in [5.41, 5.74) is 1.55. The van der Waals surface area contributed by atoms with E-state index < -0.39 is 21.9 Å². The molecule has 1 unspecified atom stereocenters. The van der Waals surface area contributed by atoms with Crippen molar-refractivity contribution in [1.29, 1.82) is 0 Å². The second kappa shape index (κ2) is 4.55. The molecule has 0 bridgehead atoms. The Bertz CT molecular complexity index is 781. The van der Waals surface area contributed by atoms with Crippen molar-refractivity contribution >= 4 is 21.5 Å². The monoisotopic (exact) mass is 295 g/mol. The van der Waals surface area contributed by atoms with Crippen LogP contribution < -0.4 is 0 Å². The van der Waals surface area contributed by atoms with Crippen LogP contribution >= 0.6 is 0 Å². The van der Waals surface area contributed by atoms with Gasteiger partial charge in [0.05, 0.1) is 29.0 Å². The van der Waals surface area contributed by atoms with Crippen LogP contribution in [0.25, 0.3) is 5.65 Å². The molecule has 1 fully saturated rings. The number of fused-ring (bicyclic) bond motifs is 1. The lowest BCUT2D eigenvalue weighted by molar-refractivity contribution is 0.0354. The average Bonchev–Trinajstić information content (AvgIpc) is 2.96. The Balaban J connectivity index is 1.84. The third-order valence-electron chi connectivity index (χ3n) is 3.34. The van der Waals surface area contributed by atoms with Gasteiger partial charge in [0.25, 0.3) is 0 Å². The molecule has 2 aromatic rings. The van der Waals surface area contributed by atoms with Gasteiger partial charge >= 0.3 is 5.97 Å². The van der Waals surface area contributed by atoms with Gasteiger partial charge in [-0.2, -0.15) is 5.10 Å². The number of esters is 1. The summed E-state index contributed by atoms with van der Waals surface area (Å²) < 4.78 is 29.5. The number of nitrogens with zero attached hydrogens (tertiary/aromatic N) is 3. The van der Waals surface area contributed by atoms with Gasteiger partial charge in [0.15, 0.2) is 15.5 Å². The van der Waals surface area contributed by atoms with Crippen LogP contribution in [0.4, 0.5) is 0 Å². The molecule has 1 aliphatic rings. The second-order valence-corrected chi connectivity index (χ2v) is 7.02. The predicted molar refractivity (Wildman–Crippen MR) is 70.2 cm³/mol. The highest BCUT2D eigenvalue weighted by Gasteiger charge is 2.31. The molecule has 1 saturated heterocycles. The number of carbonyl (C=O) groups is 1. The Hall–Kier alpha value is -1.96. The Morgan fingerprint density at radius 2 is 2.30 bits per heavy atom. The molecule has 3 rings (SSSR count). The third-order valence-corrected chi connectivity index (χ3v) is 5.08. The maximum absolute atomic E-state index is 12.1. The fraction of sp³-hybridized carbons (Fsp3) is 0.417. The molecule has 0 aliphatic carbocycles. The number of carbonyl (C=O) groups excluding carboxylic acids is 1. The maximum atomic E-state index is 12.1.